The van der Waals surface area contributed by atoms with Gasteiger partial charge in [0.15, 0.2) is 11.5 Å². The van der Waals surface area contributed by atoms with E-state index in [1.165, 1.54) is 6.42 Å². The van der Waals surface area contributed by atoms with Crippen molar-refractivity contribution in [2.45, 2.75) is 24.9 Å². The van der Waals surface area contributed by atoms with Crippen molar-refractivity contribution in [3.63, 3.8) is 0 Å². The third-order valence-electron chi connectivity index (χ3n) is 7.45. The molecule has 180 valence electrons. The molecule has 0 unspecified atom stereocenters. The van der Waals surface area contributed by atoms with Crippen LogP contribution in [0.3, 0.4) is 0 Å². The van der Waals surface area contributed by atoms with Gasteiger partial charge in [0.05, 0.1) is 24.9 Å². The summed E-state index contributed by atoms with van der Waals surface area (Å²) in [6.07, 6.45) is 3.72. The maximum Gasteiger partial charge on any atom is 0.163 e. The van der Waals surface area contributed by atoms with Crippen molar-refractivity contribution in [1.82, 2.24) is 14.8 Å². The highest BCUT2D eigenvalue weighted by Gasteiger charge is 2.42. The highest BCUT2D eigenvalue weighted by molar-refractivity contribution is 5.85. The molecule has 2 saturated heterocycles. The van der Waals surface area contributed by atoms with E-state index in [2.05, 4.69) is 32.2 Å². The van der Waals surface area contributed by atoms with Crippen molar-refractivity contribution in [2.24, 2.45) is 0 Å². The number of ether oxygens (including phenoxy) is 3. The van der Waals surface area contributed by atoms with E-state index < -0.39 is 0 Å². The third-order valence-corrected chi connectivity index (χ3v) is 7.45. The summed E-state index contributed by atoms with van der Waals surface area (Å²) in [7, 11) is 1.66. The second kappa shape index (κ2) is 9.25. The van der Waals surface area contributed by atoms with Gasteiger partial charge in [-0.2, -0.15) is 5.26 Å². The zero-order valence-corrected chi connectivity index (χ0v) is 19.9. The van der Waals surface area contributed by atoms with Crippen LogP contribution in [0.5, 0.6) is 17.2 Å². The predicted octanol–water partition coefficient (Wildman–Crippen LogP) is 3.26. The highest BCUT2D eigenvalue weighted by atomic mass is 16.6. The standard InChI is InChI=1S/C27H29N5O3/c1-33-22-3-4-25-24(12-22)23(18(13-28)14-29-25)6-7-31-15-21-11-20(31)16-32(21)17-30-19-2-5-26-27(10-19)35-9-8-34-26/h2-5,10,12,14,20-21,30H,6-9,11,15-17H2,1H3/t20-,21-/m1/s1. The number of aromatic nitrogens is 1. The lowest BCUT2D eigenvalue weighted by Gasteiger charge is -2.34. The fraction of sp³-hybridized carbons (Fsp3) is 0.407. The lowest BCUT2D eigenvalue weighted by atomic mass is 10.0. The smallest absolute Gasteiger partial charge is 0.163 e. The second-order valence-electron chi connectivity index (χ2n) is 9.40. The Morgan fingerprint density at radius 2 is 1.91 bits per heavy atom. The van der Waals surface area contributed by atoms with Crippen LogP contribution >= 0.6 is 0 Å². The minimum Gasteiger partial charge on any atom is -0.497 e. The molecule has 0 saturated carbocycles. The monoisotopic (exact) mass is 471 g/mol. The number of likely N-dealkylation sites (tertiary alicyclic amines) is 2. The van der Waals surface area contributed by atoms with Crippen LogP contribution in [-0.4, -0.2) is 73.5 Å². The molecule has 0 radical (unpaired) electrons. The first kappa shape index (κ1) is 22.0. The fourth-order valence-corrected chi connectivity index (χ4v) is 5.62. The van der Waals surface area contributed by atoms with Crippen LogP contribution in [0, 0.1) is 11.3 Å². The van der Waals surface area contributed by atoms with Crippen molar-refractivity contribution >= 4 is 16.6 Å². The average molecular weight is 472 g/mol. The van der Waals surface area contributed by atoms with Crippen LogP contribution in [0.15, 0.2) is 42.6 Å². The number of pyridine rings is 1. The van der Waals surface area contributed by atoms with Crippen LogP contribution in [0.2, 0.25) is 0 Å². The molecular formula is C27H29N5O3. The maximum atomic E-state index is 9.69. The van der Waals surface area contributed by atoms with E-state index in [4.69, 9.17) is 14.2 Å². The molecule has 1 aromatic heterocycles. The number of hydrogen-bond donors (Lipinski definition) is 1. The van der Waals surface area contributed by atoms with Crippen molar-refractivity contribution in [3.05, 3.63) is 53.7 Å². The Balaban J connectivity index is 1.08. The van der Waals surface area contributed by atoms with Gasteiger partial charge in [-0.1, -0.05) is 0 Å². The van der Waals surface area contributed by atoms with Crippen molar-refractivity contribution < 1.29 is 14.2 Å². The molecule has 8 nitrogen and oxygen atoms in total. The summed E-state index contributed by atoms with van der Waals surface area (Å²) < 4.78 is 16.7. The second-order valence-corrected chi connectivity index (χ2v) is 9.40. The number of rotatable bonds is 7. The molecule has 0 amide bonds. The largest absolute Gasteiger partial charge is 0.497 e. The van der Waals surface area contributed by atoms with E-state index in [1.807, 2.05) is 30.3 Å². The number of nitrogens with one attached hydrogen (secondary N) is 1. The molecule has 0 aliphatic carbocycles. The quantitative estimate of drug-likeness (QED) is 0.562. The Labute approximate surface area is 205 Å². The molecule has 2 aromatic carbocycles. The molecule has 3 aliphatic rings. The number of fused-ring (bicyclic) bond motifs is 4. The Bertz CT molecular complexity index is 1290. The molecule has 0 spiro atoms. The van der Waals surface area contributed by atoms with Crippen LogP contribution in [0.4, 0.5) is 5.69 Å². The topological polar surface area (TPSA) is 82.9 Å². The molecule has 1 N–H and O–H groups in total. The first-order valence-corrected chi connectivity index (χ1v) is 12.2. The van der Waals surface area contributed by atoms with E-state index in [0.29, 0.717) is 30.9 Å². The van der Waals surface area contributed by atoms with Gasteiger partial charge in [0.25, 0.3) is 0 Å². The Kier molecular flexibility index (Phi) is 5.80. The normalized spacial score (nSPS) is 21.3. The highest BCUT2D eigenvalue weighted by Crippen LogP contribution is 2.34. The Morgan fingerprint density at radius 3 is 2.71 bits per heavy atom. The molecule has 3 aromatic rings. The minimum atomic E-state index is 0.550. The van der Waals surface area contributed by atoms with Crippen molar-refractivity contribution in [3.8, 4) is 23.3 Å². The van der Waals surface area contributed by atoms with Crippen LogP contribution in [0.25, 0.3) is 10.9 Å². The van der Waals surface area contributed by atoms with E-state index >= 15 is 0 Å². The number of nitrogens with zero attached hydrogens (tertiary/aromatic N) is 4. The summed E-state index contributed by atoms with van der Waals surface area (Å²) in [5.74, 6) is 2.42. The summed E-state index contributed by atoms with van der Waals surface area (Å²) in [6, 6.07) is 15.4. The molecule has 2 atom stereocenters. The first-order valence-electron chi connectivity index (χ1n) is 12.2. The number of methoxy groups -OCH3 is 1. The van der Waals surface area contributed by atoms with Gasteiger partial charge in [0, 0.05) is 55.1 Å². The van der Waals surface area contributed by atoms with Gasteiger partial charge in [-0.3, -0.25) is 14.8 Å². The molecule has 35 heavy (non-hydrogen) atoms. The lowest BCUT2D eigenvalue weighted by Crippen LogP contribution is -2.48. The maximum absolute atomic E-state index is 9.69. The van der Waals surface area contributed by atoms with Crippen LogP contribution in [0.1, 0.15) is 17.5 Å². The number of piperazine rings is 1. The van der Waals surface area contributed by atoms with E-state index in [1.54, 1.807) is 13.3 Å². The molecule has 2 bridgehead atoms. The SMILES string of the molecule is COc1ccc2ncc(C#N)c(CCN3C[C@H]4C[C@@H]3CN4CNc3ccc4c(c3)OCCO4)c2c1. The van der Waals surface area contributed by atoms with Gasteiger partial charge in [0.2, 0.25) is 0 Å². The predicted molar refractivity (Wildman–Crippen MR) is 133 cm³/mol. The average Bonchev–Trinajstić information content (AvgIpc) is 3.50. The van der Waals surface area contributed by atoms with Gasteiger partial charge < -0.3 is 19.5 Å². The molecule has 6 rings (SSSR count). The van der Waals surface area contributed by atoms with E-state index in [-0.39, 0.29) is 0 Å². The molecule has 8 heteroatoms. The van der Waals surface area contributed by atoms with Gasteiger partial charge in [-0.05, 0) is 48.7 Å². The van der Waals surface area contributed by atoms with Gasteiger partial charge in [0.1, 0.15) is 25.0 Å². The van der Waals surface area contributed by atoms with E-state index in [0.717, 1.165) is 72.1 Å². The molecule has 3 aliphatic heterocycles. The van der Waals surface area contributed by atoms with Gasteiger partial charge >= 0.3 is 0 Å². The number of benzene rings is 2. The van der Waals surface area contributed by atoms with Crippen molar-refractivity contribution in [1.29, 1.82) is 5.26 Å². The molecule has 2 fully saturated rings. The summed E-state index contributed by atoms with van der Waals surface area (Å²) in [4.78, 5) is 9.58. The van der Waals surface area contributed by atoms with Crippen molar-refractivity contribution in [2.75, 3.05) is 51.9 Å². The molecule has 4 heterocycles. The Morgan fingerprint density at radius 1 is 1.09 bits per heavy atom. The molecular weight excluding hydrogens is 442 g/mol. The minimum absolute atomic E-state index is 0.550. The number of anilines is 1. The summed E-state index contributed by atoms with van der Waals surface area (Å²) >= 11 is 0. The zero-order chi connectivity index (χ0) is 23.8. The number of nitriles is 1. The first-order chi connectivity index (χ1) is 17.2. The fourth-order valence-electron chi connectivity index (χ4n) is 5.62. The van der Waals surface area contributed by atoms with Crippen LogP contribution < -0.4 is 19.5 Å². The lowest BCUT2D eigenvalue weighted by molar-refractivity contribution is 0.136. The van der Waals surface area contributed by atoms with Crippen LogP contribution in [-0.2, 0) is 6.42 Å². The Hall–Kier alpha value is -3.54. The third kappa shape index (κ3) is 4.22. The summed E-state index contributed by atoms with van der Waals surface area (Å²) in [5, 5.41) is 14.3. The number of hydrogen-bond acceptors (Lipinski definition) is 8. The van der Waals surface area contributed by atoms with Gasteiger partial charge in [-0.25, -0.2) is 0 Å². The van der Waals surface area contributed by atoms with Gasteiger partial charge in [-0.15, -0.1) is 0 Å². The summed E-state index contributed by atoms with van der Waals surface area (Å²) in [5.41, 5.74) is 3.67. The summed E-state index contributed by atoms with van der Waals surface area (Å²) in [6.45, 7) is 5.08. The zero-order valence-electron chi connectivity index (χ0n) is 19.9. The van der Waals surface area contributed by atoms with E-state index in [9.17, 15) is 5.26 Å².